The molecule has 2 N–H and O–H groups in total. The molecular weight excluding hydrogens is 288 g/mol. The van der Waals surface area contributed by atoms with E-state index in [0.29, 0.717) is 12.0 Å². The second-order valence-electron chi connectivity index (χ2n) is 3.85. The Labute approximate surface area is 113 Å². The van der Waals surface area contributed by atoms with Crippen LogP contribution in [-0.4, -0.2) is 13.3 Å². The lowest BCUT2D eigenvalue weighted by Gasteiger charge is -2.04. The summed E-state index contributed by atoms with van der Waals surface area (Å²) >= 11 is 1.48. The summed E-state index contributed by atoms with van der Waals surface area (Å²) in [6, 6.07) is 7.42. The molecule has 0 bridgehead atoms. The largest absolute Gasteiger partial charge is 0.274 e. The van der Waals surface area contributed by atoms with Crippen molar-refractivity contribution in [2.24, 2.45) is 5.14 Å². The van der Waals surface area contributed by atoms with E-state index in [0.717, 1.165) is 10.9 Å². The molecule has 19 heavy (non-hydrogen) atoms. The molecule has 100 valence electrons. The third-order valence-corrected chi connectivity index (χ3v) is 4.31. The van der Waals surface area contributed by atoms with Gasteiger partial charge in [-0.05, 0) is 17.5 Å². The SMILES string of the molecule is NS(=O)(=O)c1ccc(Cc2cccs2)c([N+](=O)[O-])c1. The van der Waals surface area contributed by atoms with Crippen molar-refractivity contribution in [2.45, 2.75) is 11.3 Å². The van der Waals surface area contributed by atoms with Crippen molar-refractivity contribution in [3.05, 3.63) is 56.3 Å². The van der Waals surface area contributed by atoms with E-state index in [-0.39, 0.29) is 10.6 Å². The van der Waals surface area contributed by atoms with Crippen LogP contribution in [-0.2, 0) is 16.4 Å². The number of nitro groups is 1. The van der Waals surface area contributed by atoms with Crippen molar-refractivity contribution in [1.29, 1.82) is 0 Å². The van der Waals surface area contributed by atoms with Gasteiger partial charge in [0.25, 0.3) is 5.69 Å². The average molecular weight is 298 g/mol. The highest BCUT2D eigenvalue weighted by Crippen LogP contribution is 2.26. The smallest absolute Gasteiger partial charge is 0.258 e. The number of nitro benzene ring substituents is 1. The molecule has 0 spiro atoms. The topological polar surface area (TPSA) is 103 Å². The molecule has 8 heteroatoms. The zero-order valence-electron chi connectivity index (χ0n) is 9.65. The lowest BCUT2D eigenvalue weighted by molar-refractivity contribution is -0.385. The molecule has 1 heterocycles. The van der Waals surface area contributed by atoms with Crippen LogP contribution >= 0.6 is 11.3 Å². The van der Waals surface area contributed by atoms with Gasteiger partial charge in [-0.3, -0.25) is 10.1 Å². The van der Waals surface area contributed by atoms with E-state index in [1.54, 1.807) is 0 Å². The number of primary sulfonamides is 1. The lowest BCUT2D eigenvalue weighted by Crippen LogP contribution is -2.12. The molecule has 0 unspecified atom stereocenters. The van der Waals surface area contributed by atoms with Crippen molar-refractivity contribution in [3.8, 4) is 0 Å². The van der Waals surface area contributed by atoms with Gasteiger partial charge < -0.3 is 0 Å². The van der Waals surface area contributed by atoms with E-state index < -0.39 is 14.9 Å². The molecule has 0 aliphatic carbocycles. The Kier molecular flexibility index (Phi) is 3.65. The standard InChI is InChI=1S/C11H10N2O4S2/c12-19(16,17)10-4-3-8(11(7-10)13(14)15)6-9-2-1-5-18-9/h1-5,7H,6H2,(H2,12,16,17). The van der Waals surface area contributed by atoms with E-state index in [4.69, 9.17) is 5.14 Å². The number of hydrogen-bond donors (Lipinski definition) is 1. The first-order valence-electron chi connectivity index (χ1n) is 5.20. The monoisotopic (exact) mass is 298 g/mol. The predicted octanol–water partition coefficient (Wildman–Crippen LogP) is 1.89. The predicted molar refractivity (Wildman–Crippen MR) is 71.6 cm³/mol. The summed E-state index contributed by atoms with van der Waals surface area (Å²) in [4.78, 5) is 11.1. The summed E-state index contributed by atoms with van der Waals surface area (Å²) in [5, 5.41) is 17.8. The van der Waals surface area contributed by atoms with Crippen LogP contribution in [0.4, 0.5) is 5.69 Å². The number of nitrogens with zero attached hydrogens (tertiary/aromatic N) is 1. The first-order valence-corrected chi connectivity index (χ1v) is 7.63. The molecule has 0 amide bonds. The van der Waals surface area contributed by atoms with Crippen LogP contribution in [0.5, 0.6) is 0 Å². The van der Waals surface area contributed by atoms with Gasteiger partial charge in [0.15, 0.2) is 0 Å². The highest BCUT2D eigenvalue weighted by molar-refractivity contribution is 7.89. The summed E-state index contributed by atoms with van der Waals surface area (Å²) in [7, 11) is -3.94. The Bertz CT molecular complexity index is 708. The molecule has 0 atom stereocenters. The minimum atomic E-state index is -3.94. The van der Waals surface area contributed by atoms with Crippen LogP contribution in [0.3, 0.4) is 0 Å². The van der Waals surface area contributed by atoms with Gasteiger partial charge in [0, 0.05) is 22.9 Å². The van der Waals surface area contributed by atoms with Crippen LogP contribution in [0, 0.1) is 10.1 Å². The van der Waals surface area contributed by atoms with Crippen molar-refractivity contribution in [2.75, 3.05) is 0 Å². The van der Waals surface area contributed by atoms with E-state index in [1.807, 2.05) is 17.5 Å². The molecule has 6 nitrogen and oxygen atoms in total. The van der Waals surface area contributed by atoms with Crippen molar-refractivity contribution >= 4 is 27.0 Å². The number of sulfonamides is 1. The highest BCUT2D eigenvalue weighted by Gasteiger charge is 2.19. The molecule has 1 aromatic carbocycles. The molecule has 0 radical (unpaired) electrons. The van der Waals surface area contributed by atoms with Gasteiger partial charge in [0.1, 0.15) is 0 Å². The molecule has 0 saturated carbocycles. The number of nitrogens with two attached hydrogens (primary N) is 1. The van der Waals surface area contributed by atoms with Crippen LogP contribution < -0.4 is 5.14 Å². The second-order valence-corrected chi connectivity index (χ2v) is 6.44. The third-order valence-electron chi connectivity index (χ3n) is 2.53. The van der Waals surface area contributed by atoms with Gasteiger partial charge in [0.05, 0.1) is 9.82 Å². The van der Waals surface area contributed by atoms with Crippen LogP contribution in [0.1, 0.15) is 10.4 Å². The maximum absolute atomic E-state index is 11.2. The van der Waals surface area contributed by atoms with Crippen LogP contribution in [0.15, 0.2) is 40.6 Å². The summed E-state index contributed by atoms with van der Waals surface area (Å²) in [6.07, 6.45) is 0.388. The van der Waals surface area contributed by atoms with Crippen LogP contribution in [0.25, 0.3) is 0 Å². The van der Waals surface area contributed by atoms with Crippen LogP contribution in [0.2, 0.25) is 0 Å². The molecule has 0 saturated heterocycles. The van der Waals surface area contributed by atoms with Gasteiger partial charge in [-0.25, -0.2) is 13.6 Å². The normalized spacial score (nSPS) is 11.4. The Morgan fingerprint density at radius 1 is 1.32 bits per heavy atom. The van der Waals surface area contributed by atoms with Gasteiger partial charge in [-0.2, -0.15) is 0 Å². The summed E-state index contributed by atoms with van der Waals surface area (Å²) < 4.78 is 22.4. The zero-order chi connectivity index (χ0) is 14.0. The van der Waals surface area contributed by atoms with Gasteiger partial charge >= 0.3 is 0 Å². The van der Waals surface area contributed by atoms with E-state index in [1.165, 1.54) is 23.5 Å². The minimum Gasteiger partial charge on any atom is -0.258 e. The fourth-order valence-electron chi connectivity index (χ4n) is 1.64. The van der Waals surface area contributed by atoms with E-state index >= 15 is 0 Å². The molecule has 1 aromatic heterocycles. The van der Waals surface area contributed by atoms with Crippen molar-refractivity contribution < 1.29 is 13.3 Å². The summed E-state index contributed by atoms with van der Waals surface area (Å²) in [5.41, 5.74) is 0.222. The fraction of sp³-hybridized carbons (Fsp3) is 0.0909. The molecule has 0 fully saturated rings. The second kappa shape index (κ2) is 5.08. The maximum Gasteiger partial charge on any atom is 0.274 e. The maximum atomic E-state index is 11.2. The van der Waals surface area contributed by atoms with Gasteiger partial charge in [0.2, 0.25) is 10.0 Å². The Morgan fingerprint density at radius 2 is 2.05 bits per heavy atom. The average Bonchev–Trinajstić information content (AvgIpc) is 2.80. The number of hydrogen-bond acceptors (Lipinski definition) is 5. The van der Waals surface area contributed by atoms with E-state index in [2.05, 4.69) is 0 Å². The van der Waals surface area contributed by atoms with E-state index in [9.17, 15) is 18.5 Å². The highest BCUT2D eigenvalue weighted by atomic mass is 32.2. The number of benzene rings is 1. The van der Waals surface area contributed by atoms with Gasteiger partial charge in [-0.1, -0.05) is 12.1 Å². The Hall–Kier alpha value is -1.77. The third kappa shape index (κ3) is 3.16. The van der Waals surface area contributed by atoms with Gasteiger partial charge in [-0.15, -0.1) is 11.3 Å². The van der Waals surface area contributed by atoms with Crippen molar-refractivity contribution in [3.63, 3.8) is 0 Å². The fourth-order valence-corrected chi connectivity index (χ4v) is 2.90. The molecular formula is C11H10N2O4S2. The molecule has 0 aliphatic heterocycles. The summed E-state index contributed by atoms with van der Waals surface area (Å²) in [5.74, 6) is 0. The Balaban J connectivity index is 2.47. The molecule has 0 aliphatic rings. The first kappa shape index (κ1) is 13.7. The molecule has 2 rings (SSSR count). The number of thiophene rings is 1. The quantitative estimate of drug-likeness (QED) is 0.687. The first-order chi connectivity index (χ1) is 8.88. The minimum absolute atomic E-state index is 0.236. The summed E-state index contributed by atoms with van der Waals surface area (Å²) in [6.45, 7) is 0. The zero-order valence-corrected chi connectivity index (χ0v) is 11.3. The molecule has 2 aromatic rings. The number of rotatable bonds is 4. The Morgan fingerprint density at radius 3 is 2.58 bits per heavy atom. The lowest BCUT2D eigenvalue weighted by atomic mass is 10.1. The van der Waals surface area contributed by atoms with Crippen molar-refractivity contribution in [1.82, 2.24) is 0 Å².